The summed E-state index contributed by atoms with van der Waals surface area (Å²) < 4.78 is 0. The molecule has 14 heavy (non-hydrogen) atoms. The highest BCUT2D eigenvalue weighted by atomic mass is 35.5. The first-order chi connectivity index (χ1) is 6.75. The van der Waals surface area contributed by atoms with E-state index in [1.54, 1.807) is 24.5 Å². The fourth-order valence-electron chi connectivity index (χ4n) is 1.17. The lowest BCUT2D eigenvalue weighted by molar-refractivity contribution is 1.30. The smallest absolute Gasteiger partial charge is 0.131 e. The SMILES string of the molecule is Clc1cc(-c2cccnc2)cc(Cl)n1. The molecule has 0 fully saturated rings. The third-order valence-corrected chi connectivity index (χ3v) is 2.14. The van der Waals surface area contributed by atoms with Crippen LogP contribution >= 0.6 is 23.2 Å². The Labute approximate surface area is 91.5 Å². The number of hydrogen-bond acceptors (Lipinski definition) is 2. The van der Waals surface area contributed by atoms with Gasteiger partial charge in [-0.2, -0.15) is 0 Å². The number of rotatable bonds is 1. The van der Waals surface area contributed by atoms with Gasteiger partial charge in [0.25, 0.3) is 0 Å². The van der Waals surface area contributed by atoms with Gasteiger partial charge in [0.1, 0.15) is 10.3 Å². The molecule has 0 amide bonds. The van der Waals surface area contributed by atoms with Gasteiger partial charge >= 0.3 is 0 Å². The first kappa shape index (κ1) is 9.44. The van der Waals surface area contributed by atoms with Gasteiger partial charge in [0.15, 0.2) is 0 Å². The summed E-state index contributed by atoms with van der Waals surface area (Å²) in [4.78, 5) is 7.88. The highest BCUT2D eigenvalue weighted by Crippen LogP contribution is 2.23. The second kappa shape index (κ2) is 3.95. The molecular weight excluding hydrogens is 219 g/mol. The zero-order valence-electron chi connectivity index (χ0n) is 7.11. The predicted octanol–water partition coefficient (Wildman–Crippen LogP) is 3.45. The first-order valence-electron chi connectivity index (χ1n) is 3.99. The lowest BCUT2D eigenvalue weighted by Crippen LogP contribution is -1.82. The largest absolute Gasteiger partial charge is 0.264 e. The van der Waals surface area contributed by atoms with Crippen LogP contribution in [0.15, 0.2) is 36.7 Å². The zero-order valence-corrected chi connectivity index (χ0v) is 8.63. The normalized spacial score (nSPS) is 10.1. The van der Waals surface area contributed by atoms with Crippen molar-refractivity contribution in [1.82, 2.24) is 9.97 Å². The Bertz CT molecular complexity index is 423. The van der Waals surface area contributed by atoms with E-state index < -0.39 is 0 Å². The minimum Gasteiger partial charge on any atom is -0.264 e. The van der Waals surface area contributed by atoms with Crippen LogP contribution in [-0.2, 0) is 0 Å². The third kappa shape index (κ3) is 2.03. The number of pyridine rings is 2. The Kier molecular flexibility index (Phi) is 2.66. The first-order valence-corrected chi connectivity index (χ1v) is 4.75. The topological polar surface area (TPSA) is 25.8 Å². The molecule has 0 radical (unpaired) electrons. The molecule has 0 aromatic carbocycles. The van der Waals surface area contributed by atoms with Crippen molar-refractivity contribution < 1.29 is 0 Å². The summed E-state index contributed by atoms with van der Waals surface area (Å²) in [6.45, 7) is 0. The van der Waals surface area contributed by atoms with Gasteiger partial charge in [0, 0.05) is 18.0 Å². The van der Waals surface area contributed by atoms with Gasteiger partial charge in [0.05, 0.1) is 0 Å². The summed E-state index contributed by atoms with van der Waals surface area (Å²) >= 11 is 11.6. The van der Waals surface area contributed by atoms with E-state index in [0.29, 0.717) is 10.3 Å². The van der Waals surface area contributed by atoms with Crippen molar-refractivity contribution in [1.29, 1.82) is 0 Å². The molecule has 70 valence electrons. The number of hydrogen-bond donors (Lipinski definition) is 0. The summed E-state index contributed by atoms with van der Waals surface area (Å²) in [5, 5.41) is 0.771. The molecule has 2 aromatic heterocycles. The maximum Gasteiger partial charge on any atom is 0.131 e. The summed E-state index contributed by atoms with van der Waals surface area (Å²) in [7, 11) is 0. The monoisotopic (exact) mass is 224 g/mol. The van der Waals surface area contributed by atoms with Gasteiger partial charge in [0.2, 0.25) is 0 Å². The molecule has 2 nitrogen and oxygen atoms in total. The van der Waals surface area contributed by atoms with Crippen LogP contribution in [0.2, 0.25) is 10.3 Å². The molecule has 0 N–H and O–H groups in total. The summed E-state index contributed by atoms with van der Waals surface area (Å²) in [5.74, 6) is 0. The van der Waals surface area contributed by atoms with E-state index >= 15 is 0 Å². The van der Waals surface area contributed by atoms with Gasteiger partial charge in [-0.05, 0) is 23.8 Å². The summed E-state index contributed by atoms with van der Waals surface area (Å²) in [5.41, 5.74) is 1.89. The maximum absolute atomic E-state index is 5.78. The molecule has 0 unspecified atom stereocenters. The molecule has 0 spiro atoms. The average Bonchev–Trinajstić information content (AvgIpc) is 2.18. The van der Waals surface area contributed by atoms with E-state index in [4.69, 9.17) is 23.2 Å². The van der Waals surface area contributed by atoms with Crippen LogP contribution in [0.25, 0.3) is 11.1 Å². The van der Waals surface area contributed by atoms with Gasteiger partial charge < -0.3 is 0 Å². The lowest BCUT2D eigenvalue weighted by Gasteiger charge is -2.01. The fourth-order valence-corrected chi connectivity index (χ4v) is 1.63. The maximum atomic E-state index is 5.78. The van der Waals surface area contributed by atoms with Gasteiger partial charge in [-0.1, -0.05) is 29.3 Å². The van der Waals surface area contributed by atoms with Crippen LogP contribution in [0.5, 0.6) is 0 Å². The molecule has 0 atom stereocenters. The molecule has 0 saturated carbocycles. The van der Waals surface area contributed by atoms with E-state index in [1.807, 2.05) is 12.1 Å². The van der Waals surface area contributed by atoms with Crippen molar-refractivity contribution in [3.05, 3.63) is 47.0 Å². The number of halogens is 2. The van der Waals surface area contributed by atoms with E-state index in [1.165, 1.54) is 0 Å². The van der Waals surface area contributed by atoms with E-state index in [9.17, 15) is 0 Å². The molecular formula is C10H6Cl2N2. The summed E-state index contributed by atoms with van der Waals surface area (Å²) in [6, 6.07) is 7.31. The van der Waals surface area contributed by atoms with Crippen molar-refractivity contribution in [2.24, 2.45) is 0 Å². The third-order valence-electron chi connectivity index (χ3n) is 1.76. The van der Waals surface area contributed by atoms with E-state index in [-0.39, 0.29) is 0 Å². The molecule has 0 bridgehead atoms. The average molecular weight is 225 g/mol. The lowest BCUT2D eigenvalue weighted by atomic mass is 10.1. The van der Waals surface area contributed by atoms with Crippen molar-refractivity contribution in [3.63, 3.8) is 0 Å². The zero-order chi connectivity index (χ0) is 9.97. The summed E-state index contributed by atoms with van der Waals surface area (Å²) in [6.07, 6.45) is 3.47. The van der Waals surface area contributed by atoms with E-state index in [2.05, 4.69) is 9.97 Å². The van der Waals surface area contributed by atoms with Crippen LogP contribution in [0.4, 0.5) is 0 Å². The van der Waals surface area contributed by atoms with Crippen molar-refractivity contribution >= 4 is 23.2 Å². The molecule has 0 saturated heterocycles. The Balaban J connectivity index is 2.52. The molecule has 0 aliphatic heterocycles. The van der Waals surface area contributed by atoms with Crippen molar-refractivity contribution in [2.75, 3.05) is 0 Å². The molecule has 2 aromatic rings. The Hall–Kier alpha value is -1.12. The van der Waals surface area contributed by atoms with Gasteiger partial charge in [-0.3, -0.25) is 4.98 Å². The highest BCUT2D eigenvalue weighted by molar-refractivity contribution is 6.32. The Morgan fingerprint density at radius 3 is 2.29 bits per heavy atom. The quantitative estimate of drug-likeness (QED) is 0.694. The van der Waals surface area contributed by atoms with Crippen molar-refractivity contribution in [2.45, 2.75) is 0 Å². The standard InChI is InChI=1S/C10H6Cl2N2/c11-9-4-8(5-10(12)14-9)7-2-1-3-13-6-7/h1-6H. The minimum absolute atomic E-state index is 0.386. The fraction of sp³-hybridized carbons (Fsp3) is 0. The molecule has 2 rings (SSSR count). The van der Waals surface area contributed by atoms with Gasteiger partial charge in [-0.25, -0.2) is 4.98 Å². The van der Waals surface area contributed by atoms with Crippen LogP contribution in [0.3, 0.4) is 0 Å². The second-order valence-electron chi connectivity index (χ2n) is 2.74. The Morgan fingerprint density at radius 2 is 1.71 bits per heavy atom. The van der Waals surface area contributed by atoms with E-state index in [0.717, 1.165) is 11.1 Å². The molecule has 0 aliphatic rings. The van der Waals surface area contributed by atoms with Crippen LogP contribution in [-0.4, -0.2) is 9.97 Å². The highest BCUT2D eigenvalue weighted by Gasteiger charge is 2.01. The predicted molar refractivity (Wildman–Crippen MR) is 57.5 cm³/mol. The second-order valence-corrected chi connectivity index (χ2v) is 3.52. The van der Waals surface area contributed by atoms with Crippen LogP contribution in [0.1, 0.15) is 0 Å². The van der Waals surface area contributed by atoms with Gasteiger partial charge in [-0.15, -0.1) is 0 Å². The van der Waals surface area contributed by atoms with Crippen LogP contribution < -0.4 is 0 Å². The Morgan fingerprint density at radius 1 is 1.00 bits per heavy atom. The molecule has 2 heterocycles. The molecule has 4 heteroatoms. The number of nitrogens with zero attached hydrogens (tertiary/aromatic N) is 2. The molecule has 0 aliphatic carbocycles. The minimum atomic E-state index is 0.386. The van der Waals surface area contributed by atoms with Crippen LogP contribution in [0, 0.1) is 0 Å². The number of aromatic nitrogens is 2. The van der Waals surface area contributed by atoms with Crippen molar-refractivity contribution in [3.8, 4) is 11.1 Å².